The first kappa shape index (κ1) is 27.5. The molecule has 3 heterocycles. The second-order valence-corrected chi connectivity index (χ2v) is 9.65. The van der Waals surface area contributed by atoms with Crippen molar-refractivity contribution < 1.29 is 24.1 Å². The number of piperidine rings is 1. The minimum Gasteiger partial charge on any atom is -0.491 e. The van der Waals surface area contributed by atoms with Crippen molar-refractivity contribution in [1.82, 2.24) is 15.3 Å². The average Bonchev–Trinajstić information content (AvgIpc) is 3.43. The van der Waals surface area contributed by atoms with Gasteiger partial charge in [-0.15, -0.1) is 0 Å². The van der Waals surface area contributed by atoms with Crippen LogP contribution in [-0.2, 0) is 14.2 Å². The molecule has 1 aromatic heterocycles. The number of ether oxygens (including phenoxy) is 4. The summed E-state index contributed by atoms with van der Waals surface area (Å²) in [6.45, 7) is 7.18. The molecule has 2 atom stereocenters. The van der Waals surface area contributed by atoms with Crippen LogP contribution in [0, 0.1) is 6.92 Å². The van der Waals surface area contributed by atoms with Gasteiger partial charge in [0.2, 0.25) is 0 Å². The van der Waals surface area contributed by atoms with Crippen molar-refractivity contribution >= 4 is 11.6 Å². The zero-order valence-corrected chi connectivity index (χ0v) is 22.2. The summed E-state index contributed by atoms with van der Waals surface area (Å²) in [5.74, 6) is 3.09. The van der Waals surface area contributed by atoms with Crippen molar-refractivity contribution in [2.75, 3.05) is 77.0 Å². The molecule has 37 heavy (non-hydrogen) atoms. The lowest BCUT2D eigenvalue weighted by Gasteiger charge is -2.34. The maximum Gasteiger partial charge on any atom is 0.164 e. The fourth-order valence-corrected chi connectivity index (χ4v) is 4.67. The molecular formula is C27H41N5O5. The third-order valence-corrected chi connectivity index (χ3v) is 6.75. The van der Waals surface area contributed by atoms with Crippen LogP contribution in [-0.4, -0.2) is 100 Å². The molecule has 2 fully saturated rings. The number of nitrogens with one attached hydrogen (secondary N) is 2. The van der Waals surface area contributed by atoms with Gasteiger partial charge in [0.05, 0.1) is 32.0 Å². The highest BCUT2D eigenvalue weighted by atomic mass is 16.5. The molecule has 2 aromatic rings. The molecule has 0 aliphatic carbocycles. The summed E-state index contributed by atoms with van der Waals surface area (Å²) >= 11 is 0. The maximum absolute atomic E-state index is 10.0. The van der Waals surface area contributed by atoms with Crippen molar-refractivity contribution in [3.8, 4) is 17.1 Å². The van der Waals surface area contributed by atoms with Gasteiger partial charge in [-0.3, -0.25) is 0 Å². The third-order valence-electron chi connectivity index (χ3n) is 6.75. The fraction of sp³-hybridized carbons (Fsp3) is 0.630. The van der Waals surface area contributed by atoms with E-state index in [0.29, 0.717) is 37.9 Å². The van der Waals surface area contributed by atoms with Crippen molar-refractivity contribution in [2.45, 2.75) is 44.4 Å². The number of hydrogen-bond acceptors (Lipinski definition) is 10. The minimum absolute atomic E-state index is 0.209. The van der Waals surface area contributed by atoms with Gasteiger partial charge in [-0.25, -0.2) is 9.97 Å². The van der Waals surface area contributed by atoms with Crippen LogP contribution in [0.2, 0.25) is 0 Å². The van der Waals surface area contributed by atoms with E-state index in [4.69, 9.17) is 28.9 Å². The van der Waals surface area contributed by atoms with E-state index in [9.17, 15) is 5.11 Å². The van der Waals surface area contributed by atoms with Crippen molar-refractivity contribution in [3.63, 3.8) is 0 Å². The Morgan fingerprint density at radius 2 is 2.03 bits per heavy atom. The quantitative estimate of drug-likeness (QED) is 0.344. The topological polar surface area (TPSA) is 110 Å². The molecule has 3 N–H and O–H groups in total. The number of rotatable bonds is 13. The molecule has 0 saturated carbocycles. The van der Waals surface area contributed by atoms with E-state index in [2.05, 4.69) is 22.5 Å². The van der Waals surface area contributed by atoms with Gasteiger partial charge >= 0.3 is 0 Å². The molecule has 0 amide bonds. The van der Waals surface area contributed by atoms with Crippen molar-refractivity contribution in [3.05, 3.63) is 29.8 Å². The Kier molecular flexibility index (Phi) is 10.3. The lowest BCUT2D eigenvalue weighted by molar-refractivity contribution is 0.00604. The summed E-state index contributed by atoms with van der Waals surface area (Å²) in [4.78, 5) is 12.3. The Hall–Kier alpha value is -2.50. The average molecular weight is 516 g/mol. The molecule has 2 aliphatic heterocycles. The summed E-state index contributed by atoms with van der Waals surface area (Å²) in [5, 5.41) is 16.6. The van der Waals surface area contributed by atoms with Crippen LogP contribution < -0.4 is 20.3 Å². The molecule has 10 heteroatoms. The molecule has 2 aliphatic rings. The number of anilines is 2. The van der Waals surface area contributed by atoms with Crippen LogP contribution in [0.1, 0.15) is 24.8 Å². The number of aliphatic hydroxyl groups excluding tert-OH is 1. The van der Waals surface area contributed by atoms with E-state index < -0.39 is 6.10 Å². The zero-order chi connectivity index (χ0) is 26.0. The first-order chi connectivity index (χ1) is 18.1. The maximum atomic E-state index is 10.0. The predicted molar refractivity (Wildman–Crippen MR) is 144 cm³/mol. The van der Waals surface area contributed by atoms with Gasteiger partial charge in [0.15, 0.2) is 5.82 Å². The Morgan fingerprint density at radius 1 is 1.19 bits per heavy atom. The molecule has 1 unspecified atom stereocenters. The molecule has 0 spiro atoms. The molecule has 2 saturated heterocycles. The molecule has 0 bridgehead atoms. The van der Waals surface area contributed by atoms with Gasteiger partial charge in [-0.1, -0.05) is 12.1 Å². The summed E-state index contributed by atoms with van der Waals surface area (Å²) < 4.78 is 22.5. The number of methoxy groups -OCH3 is 1. The Morgan fingerprint density at radius 3 is 2.76 bits per heavy atom. The molecule has 204 valence electrons. The molecule has 4 rings (SSSR count). The second kappa shape index (κ2) is 13.9. The Labute approximate surface area is 219 Å². The second-order valence-electron chi connectivity index (χ2n) is 9.65. The number of benzene rings is 1. The lowest BCUT2D eigenvalue weighted by Crippen LogP contribution is -2.38. The highest BCUT2D eigenvalue weighted by Gasteiger charge is 2.25. The normalized spacial score (nSPS) is 19.2. The molecule has 1 aromatic carbocycles. The van der Waals surface area contributed by atoms with Gasteiger partial charge in [0, 0.05) is 44.5 Å². The van der Waals surface area contributed by atoms with Gasteiger partial charge in [-0.05, 0) is 45.4 Å². The first-order valence-corrected chi connectivity index (χ1v) is 13.2. The highest BCUT2D eigenvalue weighted by molar-refractivity contribution is 5.67. The highest BCUT2D eigenvalue weighted by Crippen LogP contribution is 2.32. The monoisotopic (exact) mass is 515 g/mol. The number of aliphatic hydroxyl groups is 1. The van der Waals surface area contributed by atoms with E-state index in [0.717, 1.165) is 61.7 Å². The van der Waals surface area contributed by atoms with E-state index in [1.807, 2.05) is 24.3 Å². The smallest absolute Gasteiger partial charge is 0.164 e. The molecule has 0 radical (unpaired) electrons. The van der Waals surface area contributed by atoms with Gasteiger partial charge in [-0.2, -0.15) is 0 Å². The Bertz CT molecular complexity index is 980. The summed E-state index contributed by atoms with van der Waals surface area (Å²) in [6, 6.07) is 7.97. The van der Waals surface area contributed by atoms with E-state index in [1.165, 1.54) is 0 Å². The first-order valence-electron chi connectivity index (χ1n) is 13.2. The lowest BCUT2D eigenvalue weighted by atomic mass is 10.1. The SMILES string of the molecule is CNCC(O)COc1cccc(-c2nc(N[C@@H]3CCOC3)c(C)c(N3CCC(OCCOC)CC3)n2)c1. The summed E-state index contributed by atoms with van der Waals surface area (Å²) in [7, 11) is 3.50. The van der Waals surface area contributed by atoms with Gasteiger partial charge < -0.3 is 39.6 Å². The van der Waals surface area contributed by atoms with Crippen molar-refractivity contribution in [2.24, 2.45) is 0 Å². The van der Waals surface area contributed by atoms with E-state index >= 15 is 0 Å². The van der Waals surface area contributed by atoms with Gasteiger partial charge in [0.1, 0.15) is 30.1 Å². The predicted octanol–water partition coefficient (Wildman–Crippen LogP) is 2.24. The van der Waals surface area contributed by atoms with Crippen LogP contribution in [0.5, 0.6) is 5.75 Å². The standard InChI is InChI=1S/C27H41N5O5/c1-19-25(29-21-9-12-35-17-21)30-26(20-5-4-6-24(15-20)37-18-22(33)16-28-2)31-27(19)32-10-7-23(8-11-32)36-14-13-34-3/h4-6,15,21-23,28,33H,7-14,16-18H2,1-3H3,(H,29,30,31)/t21-,22?/m1/s1. The van der Waals surface area contributed by atoms with Crippen LogP contribution in [0.4, 0.5) is 11.6 Å². The number of hydrogen-bond donors (Lipinski definition) is 3. The van der Waals surface area contributed by atoms with Crippen LogP contribution in [0.25, 0.3) is 11.4 Å². The minimum atomic E-state index is -0.582. The van der Waals surface area contributed by atoms with Crippen molar-refractivity contribution in [1.29, 1.82) is 0 Å². The van der Waals surface area contributed by atoms with Crippen LogP contribution in [0.15, 0.2) is 24.3 Å². The van der Waals surface area contributed by atoms with Crippen LogP contribution >= 0.6 is 0 Å². The van der Waals surface area contributed by atoms with E-state index in [-0.39, 0.29) is 18.8 Å². The Balaban J connectivity index is 1.55. The number of nitrogens with zero attached hydrogens (tertiary/aromatic N) is 3. The van der Waals surface area contributed by atoms with Crippen LogP contribution in [0.3, 0.4) is 0 Å². The zero-order valence-electron chi connectivity index (χ0n) is 22.2. The van der Waals surface area contributed by atoms with E-state index in [1.54, 1.807) is 14.2 Å². The largest absolute Gasteiger partial charge is 0.491 e. The van der Waals surface area contributed by atoms with Gasteiger partial charge in [0.25, 0.3) is 0 Å². The number of likely N-dealkylation sites (N-methyl/N-ethyl adjacent to an activating group) is 1. The fourth-order valence-electron chi connectivity index (χ4n) is 4.67. The number of aromatic nitrogens is 2. The molecular weight excluding hydrogens is 474 g/mol. The summed E-state index contributed by atoms with van der Waals surface area (Å²) in [6.07, 6.45) is 2.51. The molecule has 10 nitrogen and oxygen atoms in total. The summed E-state index contributed by atoms with van der Waals surface area (Å²) in [5.41, 5.74) is 1.90. The third kappa shape index (κ3) is 7.75.